The van der Waals surface area contributed by atoms with Crippen molar-refractivity contribution in [2.24, 2.45) is 5.92 Å². The lowest BCUT2D eigenvalue weighted by Crippen LogP contribution is -2.25. The Kier molecular flexibility index (Phi) is 2.84. The summed E-state index contributed by atoms with van der Waals surface area (Å²) in [7, 11) is 0. The van der Waals surface area contributed by atoms with Gasteiger partial charge in [-0.1, -0.05) is 0 Å². The molecule has 2 N–H and O–H groups in total. The predicted octanol–water partition coefficient (Wildman–Crippen LogP) is 0.707. The average molecular weight is 235 g/mol. The van der Waals surface area contributed by atoms with Crippen molar-refractivity contribution >= 4 is 5.82 Å². The maximum absolute atomic E-state index is 11.9. The molecule has 0 aliphatic carbocycles. The molecular weight excluding hydrogens is 218 g/mol. The zero-order chi connectivity index (χ0) is 11.7. The fourth-order valence-corrected chi connectivity index (χ4v) is 2.51. The molecule has 0 amide bonds. The van der Waals surface area contributed by atoms with E-state index in [9.17, 15) is 4.79 Å². The van der Waals surface area contributed by atoms with Gasteiger partial charge in [-0.15, -0.1) is 0 Å². The van der Waals surface area contributed by atoms with Crippen LogP contribution in [0.3, 0.4) is 0 Å². The topological polar surface area (TPSA) is 67.0 Å². The zero-order valence-corrected chi connectivity index (χ0v) is 9.79. The van der Waals surface area contributed by atoms with Crippen LogP contribution < -0.4 is 10.9 Å². The Labute approximate surface area is 99.6 Å². The molecule has 3 heterocycles. The molecule has 0 saturated carbocycles. The van der Waals surface area contributed by atoms with E-state index < -0.39 is 0 Å². The Hall–Kier alpha value is -1.36. The lowest BCUT2D eigenvalue weighted by atomic mass is 10.0. The first-order valence-electron chi connectivity index (χ1n) is 6.26. The maximum Gasteiger partial charge on any atom is 0.256 e. The first kappa shape index (κ1) is 10.8. The molecule has 0 spiro atoms. The molecule has 2 aliphatic rings. The van der Waals surface area contributed by atoms with Crippen LogP contribution in [0, 0.1) is 5.92 Å². The highest BCUT2D eigenvalue weighted by atomic mass is 16.5. The van der Waals surface area contributed by atoms with Gasteiger partial charge in [-0.2, -0.15) is 0 Å². The van der Waals surface area contributed by atoms with Gasteiger partial charge in [-0.3, -0.25) is 4.79 Å². The Morgan fingerprint density at radius 1 is 1.47 bits per heavy atom. The predicted molar refractivity (Wildman–Crippen MR) is 64.3 cm³/mol. The van der Waals surface area contributed by atoms with Crippen LogP contribution in [0.2, 0.25) is 0 Å². The largest absolute Gasteiger partial charge is 0.381 e. The van der Waals surface area contributed by atoms with Gasteiger partial charge in [0.2, 0.25) is 0 Å². The molecular formula is C12H17N3O2. The van der Waals surface area contributed by atoms with Crippen LogP contribution in [-0.4, -0.2) is 29.7 Å². The van der Waals surface area contributed by atoms with E-state index in [2.05, 4.69) is 15.3 Å². The highest BCUT2D eigenvalue weighted by Crippen LogP contribution is 2.19. The van der Waals surface area contributed by atoms with Crippen molar-refractivity contribution < 1.29 is 4.74 Å². The van der Waals surface area contributed by atoms with Crippen molar-refractivity contribution in [1.29, 1.82) is 0 Å². The highest BCUT2D eigenvalue weighted by molar-refractivity contribution is 5.45. The Balaban J connectivity index is 1.85. The van der Waals surface area contributed by atoms with Gasteiger partial charge in [-0.25, -0.2) is 4.98 Å². The lowest BCUT2D eigenvalue weighted by Gasteiger charge is -2.17. The summed E-state index contributed by atoms with van der Waals surface area (Å²) in [5, 5.41) is 3.21. The van der Waals surface area contributed by atoms with E-state index in [0.717, 1.165) is 62.6 Å². The SMILES string of the molecule is O=c1[nH]c(CC2CCOC2)nc2c1CCCN2. The van der Waals surface area contributed by atoms with E-state index in [0.29, 0.717) is 5.92 Å². The maximum atomic E-state index is 11.9. The lowest BCUT2D eigenvalue weighted by molar-refractivity contribution is 0.185. The molecule has 1 aromatic rings. The van der Waals surface area contributed by atoms with Gasteiger partial charge in [0, 0.05) is 26.2 Å². The third-order valence-electron chi connectivity index (χ3n) is 3.47. The van der Waals surface area contributed by atoms with E-state index in [1.54, 1.807) is 0 Å². The fourth-order valence-electron chi connectivity index (χ4n) is 2.51. The molecule has 1 aromatic heterocycles. The third kappa shape index (κ3) is 2.20. The summed E-state index contributed by atoms with van der Waals surface area (Å²) in [6, 6.07) is 0. The summed E-state index contributed by atoms with van der Waals surface area (Å²) in [6.45, 7) is 2.53. The number of hydrogen-bond acceptors (Lipinski definition) is 4. The van der Waals surface area contributed by atoms with Gasteiger partial charge >= 0.3 is 0 Å². The number of nitrogens with zero attached hydrogens (tertiary/aromatic N) is 1. The molecule has 0 bridgehead atoms. The van der Waals surface area contributed by atoms with Crippen LogP contribution in [-0.2, 0) is 17.6 Å². The molecule has 0 aromatic carbocycles. The van der Waals surface area contributed by atoms with E-state index in [1.165, 1.54) is 0 Å². The van der Waals surface area contributed by atoms with Gasteiger partial charge in [0.25, 0.3) is 5.56 Å². The van der Waals surface area contributed by atoms with Gasteiger partial charge in [0.1, 0.15) is 11.6 Å². The van der Waals surface area contributed by atoms with Crippen molar-refractivity contribution in [3.05, 3.63) is 21.7 Å². The van der Waals surface area contributed by atoms with Crippen molar-refractivity contribution in [3.8, 4) is 0 Å². The van der Waals surface area contributed by atoms with E-state index in [-0.39, 0.29) is 5.56 Å². The second-order valence-electron chi connectivity index (χ2n) is 4.80. The first-order chi connectivity index (χ1) is 8.33. The summed E-state index contributed by atoms with van der Waals surface area (Å²) in [5.41, 5.74) is 0.832. The molecule has 1 atom stereocenters. The number of aromatic amines is 1. The minimum atomic E-state index is 0.0242. The summed E-state index contributed by atoms with van der Waals surface area (Å²) in [4.78, 5) is 19.3. The molecule has 3 rings (SSSR count). The normalized spacial score (nSPS) is 23.2. The first-order valence-corrected chi connectivity index (χ1v) is 6.26. The number of H-pyrrole nitrogens is 1. The van der Waals surface area contributed by atoms with Crippen LogP contribution in [0.1, 0.15) is 24.2 Å². The minimum absolute atomic E-state index is 0.0242. The van der Waals surface area contributed by atoms with Gasteiger partial charge in [0.05, 0.1) is 5.56 Å². The molecule has 5 nitrogen and oxygen atoms in total. The van der Waals surface area contributed by atoms with E-state index in [4.69, 9.17) is 4.74 Å². The van der Waals surface area contributed by atoms with Crippen molar-refractivity contribution in [2.75, 3.05) is 25.1 Å². The fraction of sp³-hybridized carbons (Fsp3) is 0.667. The number of ether oxygens (including phenoxy) is 1. The standard InChI is InChI=1S/C12H17N3O2/c16-12-9-2-1-4-13-11(9)14-10(15-12)6-8-3-5-17-7-8/h8H,1-7H2,(H2,13,14,15,16). The van der Waals surface area contributed by atoms with Crippen molar-refractivity contribution in [1.82, 2.24) is 9.97 Å². The Morgan fingerprint density at radius 3 is 3.24 bits per heavy atom. The molecule has 1 unspecified atom stereocenters. The van der Waals surface area contributed by atoms with Crippen LogP contribution >= 0.6 is 0 Å². The smallest absolute Gasteiger partial charge is 0.256 e. The second-order valence-corrected chi connectivity index (χ2v) is 4.80. The summed E-state index contributed by atoms with van der Waals surface area (Å²) >= 11 is 0. The Bertz CT molecular complexity index is 463. The summed E-state index contributed by atoms with van der Waals surface area (Å²) in [5.74, 6) is 2.08. The average Bonchev–Trinajstić information content (AvgIpc) is 2.82. The molecule has 0 radical (unpaired) electrons. The van der Waals surface area contributed by atoms with Gasteiger partial charge < -0.3 is 15.0 Å². The second kappa shape index (κ2) is 4.49. The van der Waals surface area contributed by atoms with E-state index in [1.807, 2.05) is 0 Å². The number of anilines is 1. The minimum Gasteiger partial charge on any atom is -0.381 e. The number of hydrogen-bond donors (Lipinski definition) is 2. The van der Waals surface area contributed by atoms with E-state index >= 15 is 0 Å². The molecule has 1 fully saturated rings. The monoisotopic (exact) mass is 235 g/mol. The third-order valence-corrected chi connectivity index (χ3v) is 3.47. The molecule has 2 aliphatic heterocycles. The summed E-state index contributed by atoms with van der Waals surface area (Å²) < 4.78 is 5.34. The van der Waals surface area contributed by atoms with Crippen LogP contribution in [0.25, 0.3) is 0 Å². The van der Waals surface area contributed by atoms with Crippen molar-refractivity contribution in [3.63, 3.8) is 0 Å². The molecule has 5 heteroatoms. The van der Waals surface area contributed by atoms with Crippen LogP contribution in [0.5, 0.6) is 0 Å². The molecule has 1 saturated heterocycles. The van der Waals surface area contributed by atoms with Gasteiger partial charge in [-0.05, 0) is 25.2 Å². The molecule has 17 heavy (non-hydrogen) atoms. The Morgan fingerprint density at radius 2 is 2.41 bits per heavy atom. The zero-order valence-electron chi connectivity index (χ0n) is 9.79. The number of fused-ring (bicyclic) bond motifs is 1. The quantitative estimate of drug-likeness (QED) is 0.792. The number of rotatable bonds is 2. The van der Waals surface area contributed by atoms with Gasteiger partial charge in [0.15, 0.2) is 0 Å². The van der Waals surface area contributed by atoms with Crippen LogP contribution in [0.4, 0.5) is 5.82 Å². The van der Waals surface area contributed by atoms with Crippen LogP contribution in [0.15, 0.2) is 4.79 Å². The molecule has 92 valence electrons. The number of nitrogens with one attached hydrogen (secondary N) is 2. The number of aromatic nitrogens is 2. The summed E-state index contributed by atoms with van der Waals surface area (Å²) in [6.07, 6.45) is 3.71. The van der Waals surface area contributed by atoms with Crippen molar-refractivity contribution in [2.45, 2.75) is 25.7 Å². The highest BCUT2D eigenvalue weighted by Gasteiger charge is 2.20.